The first-order valence-electron chi connectivity index (χ1n) is 11.3. The van der Waals surface area contributed by atoms with Crippen LogP contribution in [-0.2, 0) is 34.7 Å². The van der Waals surface area contributed by atoms with E-state index in [1.165, 1.54) is 12.1 Å². The maximum absolute atomic E-state index is 14.1. The van der Waals surface area contributed by atoms with E-state index in [4.69, 9.17) is 9.72 Å². The van der Waals surface area contributed by atoms with Crippen LogP contribution >= 0.6 is 0 Å². The number of nitrogens with zero attached hydrogens (tertiary/aromatic N) is 2. The lowest BCUT2D eigenvalue weighted by Crippen LogP contribution is -2.44. The predicted molar refractivity (Wildman–Crippen MR) is 121 cm³/mol. The topological polar surface area (TPSA) is 93.5 Å². The Hall–Kier alpha value is -3.10. The number of benzene rings is 1. The molecule has 0 radical (unpaired) electrons. The van der Waals surface area contributed by atoms with E-state index < -0.39 is 11.6 Å². The minimum atomic E-state index is -1.87. The molecule has 0 saturated heterocycles. The van der Waals surface area contributed by atoms with Crippen LogP contribution in [0, 0.1) is 5.82 Å². The second-order valence-corrected chi connectivity index (χ2v) is 9.04. The molecule has 0 spiro atoms. The van der Waals surface area contributed by atoms with Crippen LogP contribution in [0.3, 0.4) is 0 Å². The maximum Gasteiger partial charge on any atom is 0.343 e. The third-order valence-electron chi connectivity index (χ3n) is 6.70. The predicted octanol–water partition coefficient (Wildman–Crippen LogP) is 2.76. The number of hydrogen-bond donors (Lipinski definition) is 2. The van der Waals surface area contributed by atoms with Gasteiger partial charge in [-0.2, -0.15) is 0 Å². The lowest BCUT2D eigenvalue weighted by Gasteiger charge is -2.31. The summed E-state index contributed by atoms with van der Waals surface area (Å²) in [6.45, 7) is 6.62. The van der Waals surface area contributed by atoms with Crippen LogP contribution in [0.25, 0.3) is 22.3 Å². The van der Waals surface area contributed by atoms with E-state index in [2.05, 4.69) is 19.2 Å². The maximum atomic E-state index is 14.1. The number of carbonyl (C=O) groups is 1. The number of ether oxygens (including phenoxy) is 1. The fraction of sp³-hybridized carbons (Fsp3) is 0.400. The van der Waals surface area contributed by atoms with Crippen LogP contribution < -0.4 is 10.9 Å². The molecule has 1 aromatic carbocycles. The lowest BCUT2D eigenvalue weighted by atomic mass is 9.86. The molecule has 2 aliphatic rings. The first-order chi connectivity index (χ1) is 15.7. The number of cyclic esters (lactones) is 1. The van der Waals surface area contributed by atoms with Crippen molar-refractivity contribution in [1.29, 1.82) is 0 Å². The molecule has 3 aromatic rings. The highest BCUT2D eigenvalue weighted by Gasteiger charge is 2.45. The molecule has 0 unspecified atom stereocenters. The number of hydrogen-bond acceptors (Lipinski definition) is 6. The number of aromatic nitrogens is 2. The van der Waals surface area contributed by atoms with Crippen LogP contribution in [0.15, 0.2) is 29.1 Å². The van der Waals surface area contributed by atoms with E-state index in [0.29, 0.717) is 42.5 Å². The van der Waals surface area contributed by atoms with Crippen LogP contribution in [0.4, 0.5) is 4.39 Å². The molecule has 0 fully saturated rings. The highest BCUT2D eigenvalue weighted by Crippen LogP contribution is 2.40. The molecule has 2 N–H and O–H groups in total. The number of esters is 1. The van der Waals surface area contributed by atoms with E-state index in [1.807, 2.05) is 0 Å². The van der Waals surface area contributed by atoms with Gasteiger partial charge in [0.2, 0.25) is 0 Å². The van der Waals surface area contributed by atoms with Gasteiger partial charge < -0.3 is 19.7 Å². The Balaban J connectivity index is 1.74. The Morgan fingerprint density at radius 3 is 2.79 bits per heavy atom. The molecular weight excluding hydrogens is 425 g/mol. The summed E-state index contributed by atoms with van der Waals surface area (Å²) in [5.74, 6) is -1.09. The van der Waals surface area contributed by atoms with Gasteiger partial charge in [0.15, 0.2) is 5.60 Å². The molecule has 1 atom stereocenters. The third-order valence-corrected chi connectivity index (χ3v) is 6.70. The molecule has 0 saturated carbocycles. The summed E-state index contributed by atoms with van der Waals surface area (Å²) >= 11 is 0. The van der Waals surface area contributed by atoms with Crippen LogP contribution in [0.5, 0.6) is 0 Å². The zero-order valence-electron chi connectivity index (χ0n) is 18.9. The van der Waals surface area contributed by atoms with Gasteiger partial charge in [-0.05, 0) is 49.2 Å². The summed E-state index contributed by atoms with van der Waals surface area (Å²) < 4.78 is 20.9. The third kappa shape index (κ3) is 3.28. The quantitative estimate of drug-likeness (QED) is 0.453. The van der Waals surface area contributed by atoms with Crippen LogP contribution in [-0.4, -0.2) is 33.2 Å². The monoisotopic (exact) mass is 451 g/mol. The summed E-state index contributed by atoms with van der Waals surface area (Å²) in [5, 5.41) is 15.2. The molecule has 0 bridgehead atoms. The van der Waals surface area contributed by atoms with Crippen molar-refractivity contribution in [2.45, 2.75) is 58.4 Å². The first-order valence-corrected chi connectivity index (χ1v) is 11.3. The van der Waals surface area contributed by atoms with Crippen molar-refractivity contribution in [1.82, 2.24) is 14.9 Å². The highest BCUT2D eigenvalue weighted by molar-refractivity contribution is 5.89. The zero-order chi connectivity index (χ0) is 23.5. The number of pyridine rings is 2. The SMILES string of the molecule is CC[C@@]1(O)C(=O)OCc2c1cc1n(c2=O)Cc2c-1nc1ccc(F)cc1c2CCNC(C)C. The number of nitrogens with one attached hydrogen (secondary N) is 1. The fourth-order valence-electron chi connectivity index (χ4n) is 4.91. The second kappa shape index (κ2) is 7.74. The summed E-state index contributed by atoms with van der Waals surface area (Å²) in [7, 11) is 0. The van der Waals surface area contributed by atoms with E-state index in [9.17, 15) is 19.1 Å². The first kappa shape index (κ1) is 21.7. The lowest BCUT2D eigenvalue weighted by molar-refractivity contribution is -0.172. The molecule has 7 nitrogen and oxygen atoms in total. The molecule has 8 heteroatoms. The van der Waals surface area contributed by atoms with Gasteiger partial charge in [-0.15, -0.1) is 0 Å². The van der Waals surface area contributed by atoms with Crippen molar-refractivity contribution in [3.63, 3.8) is 0 Å². The Bertz CT molecular complexity index is 1360. The van der Waals surface area contributed by atoms with Crippen molar-refractivity contribution in [3.05, 3.63) is 62.7 Å². The van der Waals surface area contributed by atoms with Crippen molar-refractivity contribution in [3.8, 4) is 11.4 Å². The average Bonchev–Trinajstić information content (AvgIpc) is 3.15. The van der Waals surface area contributed by atoms with Gasteiger partial charge in [0.1, 0.15) is 12.4 Å². The van der Waals surface area contributed by atoms with Crippen LogP contribution in [0.2, 0.25) is 0 Å². The molecule has 5 rings (SSSR count). The van der Waals surface area contributed by atoms with E-state index in [0.717, 1.165) is 16.5 Å². The van der Waals surface area contributed by atoms with Gasteiger partial charge in [-0.25, -0.2) is 14.2 Å². The molecular formula is C25H26FN3O4. The minimum absolute atomic E-state index is 0.0884. The molecule has 33 heavy (non-hydrogen) atoms. The molecule has 0 amide bonds. The van der Waals surface area contributed by atoms with E-state index >= 15 is 0 Å². The molecule has 2 aromatic heterocycles. The van der Waals surface area contributed by atoms with Gasteiger partial charge in [-0.1, -0.05) is 20.8 Å². The number of fused-ring (bicyclic) bond motifs is 5. The summed E-state index contributed by atoms with van der Waals surface area (Å²) in [5.41, 5.74) is 2.04. The normalized spacial score (nSPS) is 18.9. The number of halogens is 1. The largest absolute Gasteiger partial charge is 0.458 e. The standard InChI is InChI=1S/C25H26FN3O4/c1-4-25(32)19-10-21-22-17(11-29(21)23(30)18(19)12-33-24(25)31)15(7-8-27-13(2)3)16-9-14(26)5-6-20(16)28-22/h5-6,9-10,13,27,32H,4,7-8,11-12H2,1-3H3/t25-/m0/s1. The fourth-order valence-corrected chi connectivity index (χ4v) is 4.91. The molecule has 2 aliphatic heterocycles. The molecule has 172 valence electrons. The van der Waals surface area contributed by atoms with Gasteiger partial charge in [-0.3, -0.25) is 4.79 Å². The van der Waals surface area contributed by atoms with E-state index in [1.54, 1.807) is 23.6 Å². The number of aliphatic hydroxyl groups is 1. The second-order valence-electron chi connectivity index (χ2n) is 9.04. The van der Waals surface area contributed by atoms with Crippen molar-refractivity contribution in [2.24, 2.45) is 0 Å². The van der Waals surface area contributed by atoms with Gasteiger partial charge in [0, 0.05) is 22.6 Å². The summed E-state index contributed by atoms with van der Waals surface area (Å²) in [4.78, 5) is 30.5. The average molecular weight is 451 g/mol. The van der Waals surface area contributed by atoms with E-state index in [-0.39, 0.29) is 35.5 Å². The van der Waals surface area contributed by atoms with Crippen molar-refractivity contribution >= 4 is 16.9 Å². The van der Waals surface area contributed by atoms with Gasteiger partial charge in [0.05, 0.1) is 29.0 Å². The highest BCUT2D eigenvalue weighted by atomic mass is 19.1. The molecule has 0 aliphatic carbocycles. The zero-order valence-corrected chi connectivity index (χ0v) is 18.9. The Kier molecular flexibility index (Phi) is 5.10. The number of rotatable bonds is 5. The van der Waals surface area contributed by atoms with Gasteiger partial charge >= 0.3 is 5.97 Å². The van der Waals surface area contributed by atoms with Gasteiger partial charge in [0.25, 0.3) is 5.56 Å². The smallest absolute Gasteiger partial charge is 0.343 e. The van der Waals surface area contributed by atoms with Crippen molar-refractivity contribution in [2.75, 3.05) is 6.54 Å². The van der Waals surface area contributed by atoms with Crippen molar-refractivity contribution < 1.29 is 19.0 Å². The summed E-state index contributed by atoms with van der Waals surface area (Å²) in [6.07, 6.45) is 0.733. The molecule has 4 heterocycles. The minimum Gasteiger partial charge on any atom is -0.458 e. The Labute approximate surface area is 190 Å². The van der Waals surface area contributed by atoms with Crippen LogP contribution in [0.1, 0.15) is 49.4 Å². The summed E-state index contributed by atoms with van der Waals surface area (Å²) in [6, 6.07) is 6.51. The Morgan fingerprint density at radius 1 is 1.27 bits per heavy atom. The number of carbonyl (C=O) groups excluding carboxylic acids is 1. The Morgan fingerprint density at radius 2 is 2.06 bits per heavy atom.